The van der Waals surface area contributed by atoms with E-state index >= 15 is 0 Å². The molecule has 3 N–H and O–H groups in total. The molecule has 0 aliphatic rings. The van der Waals surface area contributed by atoms with Gasteiger partial charge in [-0.25, -0.2) is 0 Å². The minimum atomic E-state index is 0.0708. The predicted octanol–water partition coefficient (Wildman–Crippen LogP) is 3.41. The molecule has 0 heterocycles. The molecule has 1 rings (SSSR count). The minimum absolute atomic E-state index is 0.0708. The van der Waals surface area contributed by atoms with Crippen LogP contribution < -0.4 is 11.3 Å². The number of rotatable bonds is 5. The Morgan fingerprint density at radius 1 is 1.56 bits per heavy atom. The third-order valence-electron chi connectivity index (χ3n) is 2.35. The van der Waals surface area contributed by atoms with Crippen LogP contribution in [0.15, 0.2) is 22.7 Å². The van der Waals surface area contributed by atoms with Crippen LogP contribution in [-0.2, 0) is 0 Å². The summed E-state index contributed by atoms with van der Waals surface area (Å²) in [7, 11) is 0. The fourth-order valence-electron chi connectivity index (χ4n) is 1.52. The molecule has 0 spiro atoms. The topological polar surface area (TPSA) is 38.0 Å². The molecule has 0 saturated heterocycles. The van der Waals surface area contributed by atoms with Gasteiger partial charge in [-0.3, -0.25) is 11.3 Å². The molecule has 0 radical (unpaired) electrons. The summed E-state index contributed by atoms with van der Waals surface area (Å²) in [5.74, 6) is 8.16. The van der Waals surface area contributed by atoms with Crippen molar-refractivity contribution in [1.29, 1.82) is 0 Å². The summed E-state index contributed by atoms with van der Waals surface area (Å²) in [6, 6.07) is 5.74. The van der Waals surface area contributed by atoms with Crippen LogP contribution in [0.2, 0.25) is 5.02 Å². The number of nitrogens with one attached hydrogen (secondary N) is 1. The van der Waals surface area contributed by atoms with Crippen molar-refractivity contribution in [2.75, 3.05) is 0 Å². The normalized spacial score (nSPS) is 12.1. The summed E-state index contributed by atoms with van der Waals surface area (Å²) in [6.07, 6.45) is 7.80. The van der Waals surface area contributed by atoms with Gasteiger partial charge in [0.25, 0.3) is 0 Å². The molecule has 0 bridgehead atoms. The number of hydrogen-bond donors (Lipinski definition) is 2. The second-order valence-corrected chi connectivity index (χ2v) is 4.77. The Hall–Kier alpha value is -0.530. The fraction of sp³-hybridized carbons (Fsp3) is 0.333. The van der Waals surface area contributed by atoms with Gasteiger partial charge in [0.1, 0.15) is 0 Å². The van der Waals surface area contributed by atoms with E-state index in [1.165, 1.54) is 0 Å². The quantitative estimate of drug-likeness (QED) is 0.378. The Morgan fingerprint density at radius 2 is 2.31 bits per heavy atom. The summed E-state index contributed by atoms with van der Waals surface area (Å²) in [5.41, 5.74) is 3.85. The first kappa shape index (κ1) is 13.5. The van der Waals surface area contributed by atoms with Gasteiger partial charge in [-0.15, -0.1) is 12.3 Å². The first-order valence-electron chi connectivity index (χ1n) is 5.03. The average molecular weight is 302 g/mol. The standard InChI is InChI=1S/C12H14BrClN2/c1-2-3-4-5-12(16-15)10-8-9(14)6-7-11(10)13/h1,6-8,12,16H,3-5,15H2. The Labute approximate surface area is 110 Å². The molecule has 86 valence electrons. The van der Waals surface area contributed by atoms with Crippen LogP contribution in [-0.4, -0.2) is 0 Å². The van der Waals surface area contributed by atoms with Gasteiger partial charge in [0.2, 0.25) is 0 Å². The van der Waals surface area contributed by atoms with Crippen molar-refractivity contribution in [1.82, 2.24) is 5.43 Å². The van der Waals surface area contributed by atoms with E-state index < -0.39 is 0 Å². The van der Waals surface area contributed by atoms with Crippen molar-refractivity contribution < 1.29 is 0 Å². The summed E-state index contributed by atoms with van der Waals surface area (Å²) >= 11 is 9.44. The van der Waals surface area contributed by atoms with Crippen LogP contribution in [0, 0.1) is 12.3 Å². The van der Waals surface area contributed by atoms with Crippen molar-refractivity contribution in [2.45, 2.75) is 25.3 Å². The van der Waals surface area contributed by atoms with Gasteiger partial charge in [-0.1, -0.05) is 27.5 Å². The number of terminal acetylenes is 1. The first-order chi connectivity index (χ1) is 7.69. The number of hydrazine groups is 1. The maximum absolute atomic E-state index is 5.96. The summed E-state index contributed by atoms with van der Waals surface area (Å²) in [4.78, 5) is 0. The minimum Gasteiger partial charge on any atom is -0.271 e. The van der Waals surface area contributed by atoms with Crippen molar-refractivity contribution in [2.24, 2.45) is 5.84 Å². The number of hydrogen-bond acceptors (Lipinski definition) is 2. The van der Waals surface area contributed by atoms with Gasteiger partial charge in [0.05, 0.1) is 0 Å². The van der Waals surface area contributed by atoms with E-state index in [9.17, 15) is 0 Å². The molecule has 2 nitrogen and oxygen atoms in total. The van der Waals surface area contributed by atoms with Gasteiger partial charge in [-0.2, -0.15) is 0 Å². The largest absolute Gasteiger partial charge is 0.271 e. The molecule has 4 heteroatoms. The van der Waals surface area contributed by atoms with Gasteiger partial charge in [0, 0.05) is 22.0 Å². The van der Waals surface area contributed by atoms with Crippen molar-refractivity contribution >= 4 is 27.5 Å². The Bertz CT molecular complexity index is 387. The van der Waals surface area contributed by atoms with E-state index in [-0.39, 0.29) is 6.04 Å². The second-order valence-electron chi connectivity index (χ2n) is 3.48. The highest BCUT2D eigenvalue weighted by Gasteiger charge is 2.12. The number of nitrogens with two attached hydrogens (primary N) is 1. The van der Waals surface area contributed by atoms with Crippen LogP contribution in [0.1, 0.15) is 30.9 Å². The first-order valence-corrected chi connectivity index (χ1v) is 6.20. The SMILES string of the molecule is C#CCCCC(NN)c1cc(Cl)ccc1Br. The van der Waals surface area contributed by atoms with Crippen molar-refractivity contribution in [3.05, 3.63) is 33.3 Å². The molecule has 0 aliphatic carbocycles. The van der Waals surface area contributed by atoms with Gasteiger partial charge < -0.3 is 0 Å². The lowest BCUT2D eigenvalue weighted by Crippen LogP contribution is -2.28. The lowest BCUT2D eigenvalue weighted by Gasteiger charge is -2.17. The summed E-state index contributed by atoms with van der Waals surface area (Å²) in [6.45, 7) is 0. The number of halogens is 2. The molecule has 0 aromatic heterocycles. The zero-order valence-electron chi connectivity index (χ0n) is 8.84. The fourth-order valence-corrected chi connectivity index (χ4v) is 2.22. The van der Waals surface area contributed by atoms with Gasteiger partial charge in [-0.05, 0) is 36.6 Å². The molecule has 1 aromatic carbocycles. The predicted molar refractivity (Wildman–Crippen MR) is 71.9 cm³/mol. The highest BCUT2D eigenvalue weighted by Crippen LogP contribution is 2.29. The Morgan fingerprint density at radius 3 is 2.94 bits per heavy atom. The lowest BCUT2D eigenvalue weighted by molar-refractivity contribution is 0.501. The van der Waals surface area contributed by atoms with Crippen LogP contribution in [0.5, 0.6) is 0 Å². The smallest absolute Gasteiger partial charge is 0.0472 e. The molecule has 0 saturated carbocycles. The van der Waals surface area contributed by atoms with E-state index in [1.807, 2.05) is 18.2 Å². The highest BCUT2D eigenvalue weighted by molar-refractivity contribution is 9.10. The third-order valence-corrected chi connectivity index (χ3v) is 3.31. The summed E-state index contributed by atoms with van der Waals surface area (Å²) < 4.78 is 1.00. The molecular formula is C12H14BrClN2. The number of benzene rings is 1. The lowest BCUT2D eigenvalue weighted by atomic mass is 10.0. The van der Waals surface area contributed by atoms with E-state index in [0.717, 1.165) is 29.3 Å². The van der Waals surface area contributed by atoms with E-state index in [1.54, 1.807) is 0 Å². The van der Waals surface area contributed by atoms with Crippen LogP contribution in [0.4, 0.5) is 0 Å². The molecular weight excluding hydrogens is 288 g/mol. The number of unbranched alkanes of at least 4 members (excludes halogenated alkanes) is 1. The molecule has 0 amide bonds. The highest BCUT2D eigenvalue weighted by atomic mass is 79.9. The summed E-state index contributed by atoms with van der Waals surface area (Å²) in [5, 5.41) is 0.704. The average Bonchev–Trinajstić information content (AvgIpc) is 2.28. The zero-order chi connectivity index (χ0) is 12.0. The Kier molecular flexibility index (Phi) is 5.86. The van der Waals surface area contributed by atoms with E-state index in [0.29, 0.717) is 5.02 Å². The molecule has 1 aromatic rings. The maximum atomic E-state index is 5.96. The molecule has 16 heavy (non-hydrogen) atoms. The maximum Gasteiger partial charge on any atom is 0.0472 e. The second kappa shape index (κ2) is 6.93. The molecule has 1 atom stereocenters. The molecule has 1 unspecified atom stereocenters. The van der Waals surface area contributed by atoms with Crippen molar-refractivity contribution in [3.8, 4) is 12.3 Å². The third kappa shape index (κ3) is 3.80. The zero-order valence-corrected chi connectivity index (χ0v) is 11.2. The van der Waals surface area contributed by atoms with Crippen LogP contribution in [0.3, 0.4) is 0 Å². The molecule has 0 aliphatic heterocycles. The van der Waals surface area contributed by atoms with Gasteiger partial charge >= 0.3 is 0 Å². The van der Waals surface area contributed by atoms with Gasteiger partial charge in [0.15, 0.2) is 0 Å². The Balaban J connectivity index is 2.78. The van der Waals surface area contributed by atoms with Crippen molar-refractivity contribution in [3.63, 3.8) is 0 Å². The molecule has 0 fully saturated rings. The van der Waals surface area contributed by atoms with E-state index in [2.05, 4.69) is 27.3 Å². The van der Waals surface area contributed by atoms with Crippen LogP contribution in [0.25, 0.3) is 0 Å². The monoisotopic (exact) mass is 300 g/mol. The van der Waals surface area contributed by atoms with E-state index in [4.69, 9.17) is 23.9 Å². The van der Waals surface area contributed by atoms with Crippen LogP contribution >= 0.6 is 27.5 Å².